The lowest BCUT2D eigenvalue weighted by molar-refractivity contribution is -0.402. The lowest BCUT2D eigenvalue weighted by Gasteiger charge is -2.06. The highest BCUT2D eigenvalue weighted by molar-refractivity contribution is 7.07. The van der Waals surface area contributed by atoms with E-state index in [0.717, 1.165) is 22.5 Å². The summed E-state index contributed by atoms with van der Waals surface area (Å²) in [7, 11) is 0. The summed E-state index contributed by atoms with van der Waals surface area (Å²) in [6, 6.07) is 15.1. The van der Waals surface area contributed by atoms with Gasteiger partial charge in [0.2, 0.25) is 4.80 Å². The minimum Gasteiger partial charge on any atom is -0.400 e. The third-order valence-electron chi connectivity index (χ3n) is 5.30. The summed E-state index contributed by atoms with van der Waals surface area (Å²) < 4.78 is 6.96. The van der Waals surface area contributed by atoms with Crippen molar-refractivity contribution in [3.8, 4) is 11.3 Å². The van der Waals surface area contributed by atoms with Gasteiger partial charge in [0.1, 0.15) is 4.92 Å². The number of nitrogens with zero attached hydrogens (tertiary/aromatic N) is 4. The third kappa shape index (κ3) is 4.45. The minimum absolute atomic E-state index is 0.290. The van der Waals surface area contributed by atoms with Crippen molar-refractivity contribution in [3.63, 3.8) is 0 Å². The van der Waals surface area contributed by atoms with Gasteiger partial charge in [0.25, 0.3) is 0 Å². The van der Waals surface area contributed by atoms with E-state index >= 15 is 0 Å². The molecular weight excluding hydrogens is 424 g/mol. The Morgan fingerprint density at radius 2 is 1.69 bits per heavy atom. The normalized spacial score (nSPS) is 12.1. The van der Waals surface area contributed by atoms with Crippen molar-refractivity contribution in [1.82, 2.24) is 4.68 Å². The molecule has 2 heterocycles. The van der Waals surface area contributed by atoms with Crippen molar-refractivity contribution in [2.24, 2.45) is 10.1 Å². The summed E-state index contributed by atoms with van der Waals surface area (Å²) in [6.07, 6.45) is 1.46. The number of thiazole rings is 1. The van der Waals surface area contributed by atoms with E-state index in [1.165, 1.54) is 46.4 Å². The first kappa shape index (κ1) is 21.5. The summed E-state index contributed by atoms with van der Waals surface area (Å²) in [4.78, 5) is 15.8. The van der Waals surface area contributed by atoms with Gasteiger partial charge in [-0.1, -0.05) is 18.2 Å². The Bertz CT molecular complexity index is 1410. The van der Waals surface area contributed by atoms with Gasteiger partial charge in [0, 0.05) is 10.9 Å². The first-order chi connectivity index (χ1) is 15.3. The second-order valence-electron chi connectivity index (χ2n) is 7.57. The maximum atomic E-state index is 10.9. The van der Waals surface area contributed by atoms with Crippen LogP contribution in [0.5, 0.6) is 0 Å². The summed E-state index contributed by atoms with van der Waals surface area (Å²) >= 11 is 1.47. The second kappa shape index (κ2) is 8.76. The number of hydrogen-bond acceptors (Lipinski definition) is 6. The molecule has 2 aromatic heterocycles. The molecule has 0 radical (unpaired) electrons. The van der Waals surface area contributed by atoms with Crippen LogP contribution in [-0.4, -0.2) is 15.8 Å². The van der Waals surface area contributed by atoms with Crippen molar-refractivity contribution in [2.45, 2.75) is 27.7 Å². The molecule has 0 spiro atoms. The van der Waals surface area contributed by atoms with E-state index in [2.05, 4.69) is 44.9 Å². The molecule has 0 fully saturated rings. The van der Waals surface area contributed by atoms with Gasteiger partial charge in [-0.05, 0) is 74.2 Å². The number of rotatable bonds is 5. The molecule has 0 aliphatic rings. The lowest BCUT2D eigenvalue weighted by Crippen LogP contribution is -2.11. The molecule has 0 N–H and O–H groups in total. The SMILES string of the molecule is Cc1ccc(N=c2scc(-c3ccc(C)c(C)c3)n2N=Cc2ccc([N+](=O)[O-])o2)cc1C. The zero-order valence-corrected chi connectivity index (χ0v) is 19.0. The molecule has 0 saturated heterocycles. The standard InChI is InChI=1S/C24H22N4O3S/c1-15-5-7-19(11-17(15)3)22-14-32-24(26-20-8-6-16(2)18(4)12-20)27(22)25-13-21-9-10-23(31-21)28(29)30/h5-14H,1-4H3. The average Bonchev–Trinajstić information content (AvgIpc) is 3.38. The summed E-state index contributed by atoms with van der Waals surface area (Å²) in [5.74, 6) is -0.0326. The van der Waals surface area contributed by atoms with Gasteiger partial charge in [0.15, 0.2) is 5.76 Å². The van der Waals surface area contributed by atoms with E-state index in [4.69, 9.17) is 9.41 Å². The molecule has 8 heteroatoms. The van der Waals surface area contributed by atoms with E-state index in [0.29, 0.717) is 10.6 Å². The van der Waals surface area contributed by atoms with Crippen molar-refractivity contribution in [1.29, 1.82) is 0 Å². The summed E-state index contributed by atoms with van der Waals surface area (Å²) in [6.45, 7) is 8.26. The number of aromatic nitrogens is 1. The predicted octanol–water partition coefficient (Wildman–Crippen LogP) is 6.07. The Morgan fingerprint density at radius 1 is 0.969 bits per heavy atom. The zero-order valence-electron chi connectivity index (χ0n) is 18.2. The molecule has 32 heavy (non-hydrogen) atoms. The van der Waals surface area contributed by atoms with Crippen LogP contribution in [0.1, 0.15) is 28.0 Å². The topological polar surface area (TPSA) is 85.9 Å². The van der Waals surface area contributed by atoms with Crippen molar-refractivity contribution in [3.05, 3.63) is 96.8 Å². The third-order valence-corrected chi connectivity index (χ3v) is 6.11. The Kier molecular flexibility index (Phi) is 5.87. The molecule has 7 nitrogen and oxygen atoms in total. The Hall–Kier alpha value is -3.78. The van der Waals surface area contributed by atoms with Crippen molar-refractivity contribution < 1.29 is 9.34 Å². The minimum atomic E-state index is -0.573. The lowest BCUT2D eigenvalue weighted by atomic mass is 10.1. The van der Waals surface area contributed by atoms with Gasteiger partial charge in [-0.25, -0.2) is 9.67 Å². The van der Waals surface area contributed by atoms with E-state index < -0.39 is 4.92 Å². The highest BCUT2D eigenvalue weighted by atomic mass is 32.1. The monoisotopic (exact) mass is 446 g/mol. The average molecular weight is 447 g/mol. The number of furan rings is 1. The number of benzene rings is 2. The molecule has 0 amide bonds. The van der Waals surface area contributed by atoms with E-state index in [1.807, 2.05) is 29.6 Å². The van der Waals surface area contributed by atoms with Crippen LogP contribution in [-0.2, 0) is 0 Å². The van der Waals surface area contributed by atoms with Gasteiger partial charge < -0.3 is 4.42 Å². The highest BCUT2D eigenvalue weighted by Crippen LogP contribution is 2.24. The molecule has 0 aliphatic heterocycles. The van der Waals surface area contributed by atoms with Crippen LogP contribution >= 0.6 is 11.3 Å². The smallest absolute Gasteiger partial charge is 0.400 e. The predicted molar refractivity (Wildman–Crippen MR) is 127 cm³/mol. The first-order valence-electron chi connectivity index (χ1n) is 10.0. The van der Waals surface area contributed by atoms with Crippen LogP contribution < -0.4 is 4.80 Å². The molecule has 0 atom stereocenters. The molecule has 4 rings (SSSR count). The quantitative estimate of drug-likeness (QED) is 0.212. The molecule has 0 aliphatic carbocycles. The van der Waals surface area contributed by atoms with Crippen LogP contribution in [0, 0.1) is 37.8 Å². The number of aryl methyl sites for hydroxylation is 4. The Balaban J connectivity index is 1.84. The Labute approximate surface area is 189 Å². The highest BCUT2D eigenvalue weighted by Gasteiger charge is 2.12. The van der Waals surface area contributed by atoms with Gasteiger partial charge >= 0.3 is 5.88 Å². The van der Waals surface area contributed by atoms with Crippen LogP contribution in [0.3, 0.4) is 0 Å². The van der Waals surface area contributed by atoms with Crippen LogP contribution in [0.25, 0.3) is 11.3 Å². The van der Waals surface area contributed by atoms with Crippen molar-refractivity contribution >= 4 is 29.1 Å². The van der Waals surface area contributed by atoms with Gasteiger partial charge in [-0.2, -0.15) is 5.10 Å². The first-order valence-corrected chi connectivity index (χ1v) is 10.9. The van der Waals surface area contributed by atoms with Gasteiger partial charge in [-0.3, -0.25) is 10.1 Å². The van der Waals surface area contributed by atoms with Gasteiger partial charge in [0.05, 0.1) is 23.7 Å². The van der Waals surface area contributed by atoms with Crippen LogP contribution in [0.15, 0.2) is 68.4 Å². The molecule has 0 bridgehead atoms. The fourth-order valence-electron chi connectivity index (χ4n) is 3.12. The molecule has 2 aromatic carbocycles. The molecule has 162 valence electrons. The van der Waals surface area contributed by atoms with Gasteiger partial charge in [-0.15, -0.1) is 11.3 Å². The molecule has 0 unspecified atom stereocenters. The van der Waals surface area contributed by atoms with E-state index in [9.17, 15) is 10.1 Å². The van der Waals surface area contributed by atoms with Crippen molar-refractivity contribution in [2.75, 3.05) is 0 Å². The summed E-state index contributed by atoms with van der Waals surface area (Å²) in [5, 5.41) is 17.5. The van der Waals surface area contributed by atoms with Crippen LogP contribution in [0.2, 0.25) is 0 Å². The zero-order chi connectivity index (χ0) is 22.8. The largest absolute Gasteiger partial charge is 0.433 e. The second-order valence-corrected chi connectivity index (χ2v) is 8.41. The summed E-state index contributed by atoms with van der Waals surface area (Å²) in [5.41, 5.74) is 7.47. The Morgan fingerprint density at radius 3 is 2.34 bits per heavy atom. The molecule has 0 saturated carbocycles. The number of nitro groups is 1. The fraction of sp³-hybridized carbons (Fsp3) is 0.167. The number of hydrogen-bond donors (Lipinski definition) is 0. The van der Waals surface area contributed by atoms with Crippen LogP contribution in [0.4, 0.5) is 11.6 Å². The molecule has 4 aromatic rings. The van der Waals surface area contributed by atoms with E-state index in [-0.39, 0.29) is 5.88 Å². The fourth-order valence-corrected chi connectivity index (χ4v) is 3.97. The maximum Gasteiger partial charge on any atom is 0.433 e. The van der Waals surface area contributed by atoms with E-state index in [1.54, 1.807) is 4.68 Å². The molecular formula is C24H22N4O3S. The maximum absolute atomic E-state index is 10.9.